The van der Waals surface area contributed by atoms with Crippen molar-refractivity contribution in [2.75, 3.05) is 6.54 Å². The van der Waals surface area contributed by atoms with Gasteiger partial charge in [0.05, 0.1) is 18.2 Å². The Morgan fingerprint density at radius 3 is 2.60 bits per heavy atom. The van der Waals surface area contributed by atoms with Crippen LogP contribution in [0.15, 0.2) is 50.2 Å². The van der Waals surface area contributed by atoms with Gasteiger partial charge in [0.2, 0.25) is 5.91 Å². The highest BCUT2D eigenvalue weighted by atomic mass is 19.1. The van der Waals surface area contributed by atoms with Crippen molar-refractivity contribution in [2.24, 2.45) is 0 Å². The average Bonchev–Trinajstić information content (AvgIpc) is 3.09. The van der Waals surface area contributed by atoms with E-state index in [1.54, 1.807) is 24.5 Å². The first-order chi connectivity index (χ1) is 14.4. The molecule has 2 heterocycles. The van der Waals surface area contributed by atoms with E-state index in [2.05, 4.69) is 5.32 Å². The summed E-state index contributed by atoms with van der Waals surface area (Å²) in [6, 6.07) is 8.39. The highest BCUT2D eigenvalue weighted by molar-refractivity contribution is 6.00. The Hall–Kier alpha value is -3.41. The predicted octanol–water partition coefficient (Wildman–Crippen LogP) is 4.50. The van der Waals surface area contributed by atoms with Gasteiger partial charge in [0, 0.05) is 22.9 Å². The fourth-order valence-electron chi connectivity index (χ4n) is 3.78. The molecule has 1 N–H and O–H groups in total. The minimum atomic E-state index is -0.532. The van der Waals surface area contributed by atoms with E-state index < -0.39 is 5.63 Å². The van der Waals surface area contributed by atoms with Crippen molar-refractivity contribution in [1.29, 1.82) is 0 Å². The van der Waals surface area contributed by atoms with Crippen molar-refractivity contribution >= 4 is 27.8 Å². The van der Waals surface area contributed by atoms with Crippen molar-refractivity contribution in [2.45, 2.75) is 33.6 Å². The van der Waals surface area contributed by atoms with Gasteiger partial charge in [-0.3, -0.25) is 4.79 Å². The molecule has 0 spiro atoms. The van der Waals surface area contributed by atoms with Crippen LogP contribution >= 0.6 is 0 Å². The largest absolute Gasteiger partial charge is 0.464 e. The maximum atomic E-state index is 13.7. The van der Waals surface area contributed by atoms with Crippen LogP contribution in [0.4, 0.5) is 4.39 Å². The molecule has 0 bridgehead atoms. The molecule has 0 radical (unpaired) electrons. The normalized spacial score (nSPS) is 11.3. The zero-order valence-electron chi connectivity index (χ0n) is 17.1. The molecule has 0 aliphatic carbocycles. The third-order valence-corrected chi connectivity index (χ3v) is 5.55. The SMILES string of the molecule is Cc1coc2c(C)c3oc(=O)c(CC(=O)NCCc4ccccc4F)c(C)c3cc12. The summed E-state index contributed by atoms with van der Waals surface area (Å²) in [5, 5.41) is 4.50. The van der Waals surface area contributed by atoms with E-state index in [0.29, 0.717) is 28.7 Å². The van der Waals surface area contributed by atoms with Crippen LogP contribution in [0.5, 0.6) is 0 Å². The van der Waals surface area contributed by atoms with Crippen molar-refractivity contribution in [1.82, 2.24) is 5.32 Å². The summed E-state index contributed by atoms with van der Waals surface area (Å²) in [4.78, 5) is 25.0. The molecule has 5 nitrogen and oxygen atoms in total. The molecular weight excluding hydrogens is 385 g/mol. The van der Waals surface area contributed by atoms with Gasteiger partial charge in [-0.15, -0.1) is 0 Å². The van der Waals surface area contributed by atoms with E-state index in [0.717, 1.165) is 27.5 Å². The first-order valence-corrected chi connectivity index (χ1v) is 9.80. The molecule has 30 heavy (non-hydrogen) atoms. The molecule has 4 rings (SSSR count). The van der Waals surface area contributed by atoms with Gasteiger partial charge in [0.25, 0.3) is 0 Å². The summed E-state index contributed by atoms with van der Waals surface area (Å²) in [5.74, 6) is -0.604. The lowest BCUT2D eigenvalue weighted by Gasteiger charge is -2.10. The topological polar surface area (TPSA) is 72.5 Å². The van der Waals surface area contributed by atoms with Crippen LogP contribution in [0.2, 0.25) is 0 Å². The van der Waals surface area contributed by atoms with Gasteiger partial charge >= 0.3 is 5.63 Å². The van der Waals surface area contributed by atoms with Crippen molar-refractivity contribution in [3.05, 3.63) is 80.6 Å². The average molecular weight is 407 g/mol. The number of hydrogen-bond donors (Lipinski definition) is 1. The summed E-state index contributed by atoms with van der Waals surface area (Å²) in [5.41, 5.74) is 3.97. The third-order valence-electron chi connectivity index (χ3n) is 5.55. The summed E-state index contributed by atoms with van der Waals surface area (Å²) in [6.07, 6.45) is 1.96. The lowest BCUT2D eigenvalue weighted by molar-refractivity contribution is -0.120. The summed E-state index contributed by atoms with van der Waals surface area (Å²) < 4.78 is 24.9. The molecule has 0 saturated carbocycles. The van der Waals surface area contributed by atoms with Crippen molar-refractivity contribution in [3.8, 4) is 0 Å². The van der Waals surface area contributed by atoms with E-state index in [4.69, 9.17) is 8.83 Å². The number of benzene rings is 2. The molecule has 0 atom stereocenters. The van der Waals surface area contributed by atoms with E-state index in [-0.39, 0.29) is 24.7 Å². The molecule has 0 aliphatic heterocycles. The molecule has 4 aromatic rings. The summed E-state index contributed by atoms with van der Waals surface area (Å²) in [6.45, 7) is 5.91. The van der Waals surface area contributed by atoms with Crippen LogP contribution in [0.1, 0.15) is 27.8 Å². The molecule has 1 amide bonds. The van der Waals surface area contributed by atoms with Gasteiger partial charge < -0.3 is 14.2 Å². The van der Waals surface area contributed by atoms with Crippen LogP contribution in [0.25, 0.3) is 21.9 Å². The van der Waals surface area contributed by atoms with Gasteiger partial charge in [-0.05, 0) is 56.0 Å². The van der Waals surface area contributed by atoms with Crippen molar-refractivity contribution < 1.29 is 18.0 Å². The number of fused-ring (bicyclic) bond motifs is 2. The van der Waals surface area contributed by atoms with Gasteiger partial charge in [-0.25, -0.2) is 9.18 Å². The minimum absolute atomic E-state index is 0.0944. The van der Waals surface area contributed by atoms with Crippen LogP contribution in [-0.2, 0) is 17.6 Å². The number of amides is 1. The number of aryl methyl sites for hydroxylation is 3. The van der Waals surface area contributed by atoms with Gasteiger partial charge in [-0.2, -0.15) is 0 Å². The molecule has 0 aliphatic rings. The van der Waals surface area contributed by atoms with Crippen LogP contribution in [0, 0.1) is 26.6 Å². The third kappa shape index (κ3) is 3.49. The number of rotatable bonds is 5. The molecule has 0 saturated heterocycles. The van der Waals surface area contributed by atoms with Gasteiger partial charge in [-0.1, -0.05) is 18.2 Å². The molecule has 2 aromatic heterocycles. The highest BCUT2D eigenvalue weighted by Gasteiger charge is 2.19. The molecule has 0 fully saturated rings. The zero-order valence-corrected chi connectivity index (χ0v) is 17.1. The van der Waals surface area contributed by atoms with E-state index >= 15 is 0 Å². The molecule has 0 unspecified atom stereocenters. The van der Waals surface area contributed by atoms with E-state index in [1.807, 2.05) is 26.8 Å². The van der Waals surface area contributed by atoms with Gasteiger partial charge in [0.15, 0.2) is 0 Å². The van der Waals surface area contributed by atoms with Crippen LogP contribution in [0.3, 0.4) is 0 Å². The second kappa shape index (κ2) is 7.78. The fourth-order valence-corrected chi connectivity index (χ4v) is 3.78. The highest BCUT2D eigenvalue weighted by Crippen LogP contribution is 2.32. The fraction of sp³-hybridized carbons (Fsp3) is 0.250. The quantitative estimate of drug-likeness (QED) is 0.494. The van der Waals surface area contributed by atoms with E-state index in [9.17, 15) is 14.0 Å². The number of carbonyl (C=O) groups excluding carboxylic acids is 1. The second-order valence-electron chi connectivity index (χ2n) is 7.53. The Morgan fingerprint density at radius 1 is 1.07 bits per heavy atom. The molecular formula is C24H22FNO4. The lowest BCUT2D eigenvalue weighted by atomic mass is 9.99. The van der Waals surface area contributed by atoms with E-state index in [1.165, 1.54) is 6.07 Å². The predicted molar refractivity (Wildman–Crippen MR) is 113 cm³/mol. The number of halogens is 1. The Labute approximate surface area is 172 Å². The smallest absolute Gasteiger partial charge is 0.340 e. The Bertz CT molecular complexity index is 1330. The van der Waals surface area contributed by atoms with Crippen LogP contribution < -0.4 is 10.9 Å². The summed E-state index contributed by atoms with van der Waals surface area (Å²) in [7, 11) is 0. The first-order valence-electron chi connectivity index (χ1n) is 9.80. The second-order valence-corrected chi connectivity index (χ2v) is 7.53. The van der Waals surface area contributed by atoms with Crippen LogP contribution in [-0.4, -0.2) is 12.5 Å². The number of hydrogen-bond acceptors (Lipinski definition) is 4. The first kappa shape index (κ1) is 19.9. The minimum Gasteiger partial charge on any atom is -0.464 e. The Kier molecular flexibility index (Phi) is 5.16. The monoisotopic (exact) mass is 407 g/mol. The Morgan fingerprint density at radius 2 is 1.83 bits per heavy atom. The molecule has 154 valence electrons. The number of furan rings is 1. The lowest BCUT2D eigenvalue weighted by Crippen LogP contribution is -2.29. The summed E-state index contributed by atoms with van der Waals surface area (Å²) >= 11 is 0. The Balaban J connectivity index is 1.58. The molecule has 6 heteroatoms. The zero-order chi connectivity index (χ0) is 21.4. The maximum Gasteiger partial charge on any atom is 0.340 e. The maximum absolute atomic E-state index is 13.7. The van der Waals surface area contributed by atoms with Crippen molar-refractivity contribution in [3.63, 3.8) is 0 Å². The van der Waals surface area contributed by atoms with Gasteiger partial charge in [0.1, 0.15) is 17.0 Å². The standard InChI is InChI=1S/C24H22FNO4/c1-13-12-29-22-15(3)23-18(10-17(13)22)14(2)19(24(28)30-23)11-21(27)26-9-8-16-6-4-5-7-20(16)25/h4-7,10,12H,8-9,11H2,1-3H3,(H,26,27). The molecule has 2 aromatic carbocycles. The number of nitrogens with one attached hydrogen (secondary N) is 1. The number of carbonyl (C=O) groups is 1.